The number of hydrogen-bond acceptors (Lipinski definition) is 5. The van der Waals surface area contributed by atoms with E-state index in [1.165, 1.54) is 7.11 Å². The lowest BCUT2D eigenvalue weighted by Gasteiger charge is -2.22. The van der Waals surface area contributed by atoms with E-state index in [4.69, 9.17) is 14.2 Å². The quantitative estimate of drug-likeness (QED) is 0.699. The minimum absolute atomic E-state index is 0.0384. The summed E-state index contributed by atoms with van der Waals surface area (Å²) >= 11 is 0. The van der Waals surface area contributed by atoms with Gasteiger partial charge in [-0.3, -0.25) is 0 Å². The lowest BCUT2D eigenvalue weighted by atomic mass is 10.0. The third-order valence-electron chi connectivity index (χ3n) is 3.92. The molecule has 2 aromatic carbocycles. The molecule has 0 saturated heterocycles. The molecule has 0 radical (unpaired) electrons. The van der Waals surface area contributed by atoms with Crippen LogP contribution in [0.4, 0.5) is 4.79 Å². The minimum Gasteiger partial charge on any atom is -0.496 e. The zero-order chi connectivity index (χ0) is 21.4. The van der Waals surface area contributed by atoms with E-state index in [0.717, 1.165) is 5.56 Å². The van der Waals surface area contributed by atoms with Crippen LogP contribution in [-0.4, -0.2) is 35.9 Å². The van der Waals surface area contributed by atoms with E-state index in [9.17, 15) is 14.7 Å². The van der Waals surface area contributed by atoms with Gasteiger partial charge in [0.2, 0.25) is 0 Å². The number of carboxylic acid groups (broad SMARTS) is 1. The van der Waals surface area contributed by atoms with Gasteiger partial charge in [-0.1, -0.05) is 36.4 Å². The fraction of sp³-hybridized carbons (Fsp3) is 0.364. The van der Waals surface area contributed by atoms with Crippen molar-refractivity contribution in [1.29, 1.82) is 0 Å². The van der Waals surface area contributed by atoms with Crippen molar-refractivity contribution in [3.05, 3.63) is 59.7 Å². The first-order valence-electron chi connectivity index (χ1n) is 9.24. The Morgan fingerprint density at radius 2 is 1.79 bits per heavy atom. The first kappa shape index (κ1) is 22.1. The van der Waals surface area contributed by atoms with E-state index in [2.05, 4.69) is 5.32 Å². The Kier molecular flexibility index (Phi) is 7.47. The SMILES string of the molecule is COc1cc(OCc2ccccc2)ccc1CC(NC(=O)OC(C)(C)C)C(=O)O. The van der Waals surface area contributed by atoms with E-state index < -0.39 is 23.7 Å². The van der Waals surface area contributed by atoms with Crippen LogP contribution in [0.1, 0.15) is 31.9 Å². The minimum atomic E-state index is -1.16. The van der Waals surface area contributed by atoms with Crippen molar-refractivity contribution in [2.24, 2.45) is 0 Å². The summed E-state index contributed by atoms with van der Waals surface area (Å²) in [7, 11) is 1.50. The van der Waals surface area contributed by atoms with Gasteiger partial charge in [-0.25, -0.2) is 9.59 Å². The summed E-state index contributed by atoms with van der Waals surface area (Å²) in [5, 5.41) is 11.9. The molecule has 0 fully saturated rings. The van der Waals surface area contributed by atoms with E-state index in [-0.39, 0.29) is 6.42 Å². The lowest BCUT2D eigenvalue weighted by molar-refractivity contribution is -0.139. The maximum atomic E-state index is 11.9. The van der Waals surface area contributed by atoms with E-state index in [0.29, 0.717) is 23.7 Å². The molecule has 0 saturated carbocycles. The zero-order valence-electron chi connectivity index (χ0n) is 17.1. The van der Waals surface area contributed by atoms with Gasteiger partial charge < -0.3 is 24.6 Å². The van der Waals surface area contributed by atoms with Gasteiger partial charge >= 0.3 is 12.1 Å². The van der Waals surface area contributed by atoms with Crippen LogP contribution in [0.25, 0.3) is 0 Å². The van der Waals surface area contributed by atoms with Crippen molar-refractivity contribution in [2.75, 3.05) is 7.11 Å². The predicted octanol–water partition coefficient (Wildman–Crippen LogP) is 3.79. The second-order valence-corrected chi connectivity index (χ2v) is 7.49. The Hall–Kier alpha value is -3.22. The molecule has 1 atom stereocenters. The topological polar surface area (TPSA) is 94.1 Å². The second-order valence-electron chi connectivity index (χ2n) is 7.49. The molecular weight excluding hydrogens is 374 g/mol. The highest BCUT2D eigenvalue weighted by atomic mass is 16.6. The molecule has 7 heteroatoms. The third kappa shape index (κ3) is 7.37. The van der Waals surface area contributed by atoms with Crippen molar-refractivity contribution >= 4 is 12.1 Å². The molecule has 0 bridgehead atoms. The van der Waals surface area contributed by atoms with Crippen molar-refractivity contribution in [3.63, 3.8) is 0 Å². The summed E-state index contributed by atoms with van der Waals surface area (Å²) in [5.41, 5.74) is 0.939. The van der Waals surface area contributed by atoms with Crippen LogP contribution in [0, 0.1) is 0 Å². The summed E-state index contributed by atoms with van der Waals surface area (Å²) < 4.78 is 16.3. The van der Waals surface area contributed by atoms with Gasteiger partial charge in [0.15, 0.2) is 0 Å². The number of methoxy groups -OCH3 is 1. The summed E-state index contributed by atoms with van der Waals surface area (Å²) in [5.74, 6) is -0.0865. The van der Waals surface area contributed by atoms with E-state index in [1.54, 1.807) is 39.0 Å². The summed E-state index contributed by atoms with van der Waals surface area (Å²) in [6.45, 7) is 5.53. The molecule has 1 amide bonds. The monoisotopic (exact) mass is 401 g/mol. The maximum Gasteiger partial charge on any atom is 0.408 e. The molecule has 29 heavy (non-hydrogen) atoms. The van der Waals surface area contributed by atoms with Crippen LogP contribution in [0.15, 0.2) is 48.5 Å². The van der Waals surface area contributed by atoms with Gasteiger partial charge in [-0.15, -0.1) is 0 Å². The van der Waals surface area contributed by atoms with Crippen molar-refractivity contribution in [2.45, 2.75) is 45.4 Å². The number of aliphatic carboxylic acids is 1. The van der Waals surface area contributed by atoms with E-state index >= 15 is 0 Å². The molecule has 0 spiro atoms. The average molecular weight is 401 g/mol. The fourth-order valence-electron chi connectivity index (χ4n) is 2.59. The van der Waals surface area contributed by atoms with Crippen LogP contribution in [0.3, 0.4) is 0 Å². The normalized spacial score (nSPS) is 12.0. The van der Waals surface area contributed by atoms with Crippen molar-refractivity contribution in [3.8, 4) is 11.5 Å². The number of alkyl carbamates (subject to hydrolysis) is 1. The Balaban J connectivity index is 2.07. The third-order valence-corrected chi connectivity index (χ3v) is 3.92. The number of ether oxygens (including phenoxy) is 3. The Labute approximate surface area is 170 Å². The van der Waals surface area contributed by atoms with Gasteiger partial charge in [-0.05, 0) is 38.0 Å². The molecule has 0 aromatic heterocycles. The van der Waals surface area contributed by atoms with Crippen LogP contribution >= 0.6 is 0 Å². The second kappa shape index (κ2) is 9.82. The van der Waals surface area contributed by atoms with Gasteiger partial charge in [0.1, 0.15) is 29.7 Å². The predicted molar refractivity (Wildman–Crippen MR) is 108 cm³/mol. The van der Waals surface area contributed by atoms with Gasteiger partial charge in [0, 0.05) is 12.5 Å². The van der Waals surface area contributed by atoms with Crippen LogP contribution in [0.5, 0.6) is 11.5 Å². The average Bonchev–Trinajstić information content (AvgIpc) is 2.65. The molecule has 0 aliphatic carbocycles. The molecule has 156 valence electrons. The summed E-state index contributed by atoms with van der Waals surface area (Å²) in [4.78, 5) is 23.5. The first-order valence-corrected chi connectivity index (χ1v) is 9.24. The number of carboxylic acids is 1. The fourth-order valence-corrected chi connectivity index (χ4v) is 2.59. The summed E-state index contributed by atoms with van der Waals surface area (Å²) in [6.07, 6.45) is -0.747. The van der Waals surface area contributed by atoms with Crippen LogP contribution in [0.2, 0.25) is 0 Å². The number of carbonyl (C=O) groups excluding carboxylic acids is 1. The molecule has 2 aromatic rings. The number of carbonyl (C=O) groups is 2. The molecule has 0 aliphatic heterocycles. The number of amides is 1. The van der Waals surface area contributed by atoms with E-state index in [1.807, 2.05) is 30.3 Å². The van der Waals surface area contributed by atoms with Gasteiger partial charge in [0.05, 0.1) is 7.11 Å². The van der Waals surface area contributed by atoms with Gasteiger partial charge in [0.25, 0.3) is 0 Å². The molecule has 0 aliphatic rings. The molecule has 1 unspecified atom stereocenters. The van der Waals surface area contributed by atoms with Gasteiger partial charge in [-0.2, -0.15) is 0 Å². The highest BCUT2D eigenvalue weighted by molar-refractivity contribution is 5.80. The number of rotatable bonds is 8. The highest BCUT2D eigenvalue weighted by Crippen LogP contribution is 2.26. The molecular formula is C22H27NO6. The van der Waals surface area contributed by atoms with Crippen LogP contribution in [-0.2, 0) is 22.6 Å². The molecule has 2 rings (SSSR count). The number of nitrogens with one attached hydrogen (secondary N) is 1. The maximum absolute atomic E-state index is 11.9. The zero-order valence-corrected chi connectivity index (χ0v) is 17.1. The summed E-state index contributed by atoms with van der Waals surface area (Å²) in [6, 6.07) is 13.7. The van der Waals surface area contributed by atoms with Crippen molar-refractivity contribution in [1.82, 2.24) is 5.32 Å². The lowest BCUT2D eigenvalue weighted by Crippen LogP contribution is -2.44. The van der Waals surface area contributed by atoms with Crippen molar-refractivity contribution < 1.29 is 28.9 Å². The Morgan fingerprint density at radius 3 is 2.38 bits per heavy atom. The molecule has 0 heterocycles. The first-order chi connectivity index (χ1) is 13.7. The highest BCUT2D eigenvalue weighted by Gasteiger charge is 2.25. The Morgan fingerprint density at radius 1 is 1.10 bits per heavy atom. The number of benzene rings is 2. The largest absolute Gasteiger partial charge is 0.496 e. The Bertz CT molecular complexity index is 829. The van der Waals surface area contributed by atoms with Crippen LogP contribution < -0.4 is 14.8 Å². The molecule has 2 N–H and O–H groups in total. The molecule has 7 nitrogen and oxygen atoms in total. The number of hydrogen-bond donors (Lipinski definition) is 2. The standard InChI is InChI=1S/C22H27NO6/c1-22(2,3)29-21(26)23-18(20(24)25)12-16-10-11-17(13-19(16)27-4)28-14-15-8-6-5-7-9-15/h5-11,13,18H,12,14H2,1-4H3,(H,23,26)(H,24,25). The smallest absolute Gasteiger partial charge is 0.408 e.